The average Bonchev–Trinajstić information content (AvgIpc) is 3.12. The van der Waals surface area contributed by atoms with E-state index in [2.05, 4.69) is 5.32 Å². The van der Waals surface area contributed by atoms with Gasteiger partial charge in [-0.05, 0) is 48.7 Å². The van der Waals surface area contributed by atoms with Gasteiger partial charge in [-0.3, -0.25) is 0 Å². The summed E-state index contributed by atoms with van der Waals surface area (Å²) in [6.45, 7) is 3.23. The fourth-order valence-electron chi connectivity index (χ4n) is 3.14. The van der Waals surface area contributed by atoms with Crippen molar-refractivity contribution < 1.29 is 18.7 Å². The zero-order valence-corrected chi connectivity index (χ0v) is 14.9. The molecule has 0 spiro atoms. The normalized spacial score (nSPS) is 14.6. The Kier molecular flexibility index (Phi) is 5.16. The number of nitrogens with zero attached hydrogens (tertiary/aromatic N) is 1. The summed E-state index contributed by atoms with van der Waals surface area (Å²) in [4.78, 5) is 14.4. The van der Waals surface area contributed by atoms with Gasteiger partial charge < -0.3 is 24.1 Å². The minimum Gasteiger partial charge on any atom is -0.493 e. The number of amides is 2. The minimum atomic E-state index is -0.0560. The zero-order chi connectivity index (χ0) is 17.8. The number of nitrogens with one attached hydrogen (secondary N) is 1. The number of benzene rings is 1. The molecule has 2 heterocycles. The summed E-state index contributed by atoms with van der Waals surface area (Å²) in [5.41, 5.74) is 2.29. The number of carbonyl (C=O) groups is 1. The van der Waals surface area contributed by atoms with Crippen molar-refractivity contribution in [3.63, 3.8) is 0 Å². The summed E-state index contributed by atoms with van der Waals surface area (Å²) < 4.78 is 16.1. The molecule has 0 radical (unpaired) electrons. The zero-order valence-electron chi connectivity index (χ0n) is 14.9. The molecule has 1 aromatic heterocycles. The van der Waals surface area contributed by atoms with Crippen LogP contribution in [0.3, 0.4) is 0 Å². The highest BCUT2D eigenvalue weighted by Crippen LogP contribution is 2.33. The van der Waals surface area contributed by atoms with Crippen LogP contribution in [-0.2, 0) is 19.4 Å². The Hall–Kier alpha value is -2.63. The molecule has 0 bridgehead atoms. The lowest BCUT2D eigenvalue weighted by molar-refractivity contribution is 0.188. The maximum Gasteiger partial charge on any atom is 0.317 e. The number of hydrogen-bond donors (Lipinski definition) is 1. The van der Waals surface area contributed by atoms with Gasteiger partial charge in [-0.2, -0.15) is 0 Å². The van der Waals surface area contributed by atoms with Crippen LogP contribution in [-0.4, -0.2) is 37.7 Å². The maximum atomic E-state index is 12.6. The first-order chi connectivity index (χ1) is 12.1. The quantitative estimate of drug-likeness (QED) is 0.906. The Morgan fingerprint density at radius 1 is 1.28 bits per heavy atom. The second-order valence-electron chi connectivity index (χ2n) is 6.28. The van der Waals surface area contributed by atoms with Crippen molar-refractivity contribution in [1.29, 1.82) is 0 Å². The van der Waals surface area contributed by atoms with Crippen LogP contribution in [0.5, 0.6) is 11.5 Å². The predicted molar refractivity (Wildman–Crippen MR) is 94.1 cm³/mol. The Morgan fingerprint density at radius 2 is 2.00 bits per heavy atom. The van der Waals surface area contributed by atoms with Crippen molar-refractivity contribution in [1.82, 2.24) is 10.2 Å². The lowest BCUT2D eigenvalue weighted by Crippen LogP contribution is -2.46. The number of hydrogen-bond acceptors (Lipinski definition) is 4. The molecular weight excluding hydrogens is 320 g/mol. The number of furan rings is 1. The predicted octanol–water partition coefficient (Wildman–Crippen LogP) is 3.00. The third-order valence-electron chi connectivity index (χ3n) is 4.46. The molecule has 1 atom stereocenters. The van der Waals surface area contributed by atoms with Crippen molar-refractivity contribution in [2.75, 3.05) is 20.8 Å². The van der Waals surface area contributed by atoms with Gasteiger partial charge in [-0.25, -0.2) is 4.79 Å². The average molecular weight is 344 g/mol. The van der Waals surface area contributed by atoms with Crippen molar-refractivity contribution >= 4 is 6.03 Å². The lowest BCUT2D eigenvalue weighted by Gasteiger charge is -2.30. The maximum absolute atomic E-state index is 12.6. The van der Waals surface area contributed by atoms with Gasteiger partial charge in [0, 0.05) is 25.6 Å². The molecule has 0 aliphatic carbocycles. The summed E-state index contributed by atoms with van der Waals surface area (Å²) >= 11 is 0. The molecule has 0 saturated heterocycles. The standard InChI is InChI=1S/C19H24N2O4/c1-13(9-16-5-4-8-25-16)20-19(22)21-7-6-14-10-17(23-2)18(24-3)11-15(14)12-21/h4-5,8,10-11,13H,6-7,9,12H2,1-3H3,(H,20,22)/t13-/m0/s1. The van der Waals surface area contributed by atoms with E-state index in [0.717, 1.165) is 23.5 Å². The topological polar surface area (TPSA) is 63.9 Å². The smallest absolute Gasteiger partial charge is 0.317 e. The van der Waals surface area contributed by atoms with Gasteiger partial charge in [0.1, 0.15) is 5.76 Å². The molecular formula is C19H24N2O4. The van der Waals surface area contributed by atoms with Crippen molar-refractivity contribution in [2.45, 2.75) is 32.4 Å². The highest BCUT2D eigenvalue weighted by atomic mass is 16.5. The van der Waals surface area contributed by atoms with Gasteiger partial charge in [0.05, 0.1) is 20.5 Å². The van der Waals surface area contributed by atoms with E-state index < -0.39 is 0 Å². The Balaban J connectivity index is 1.64. The molecule has 1 aliphatic heterocycles. The number of methoxy groups -OCH3 is 2. The summed E-state index contributed by atoms with van der Waals surface area (Å²) in [7, 11) is 3.25. The Labute approximate surface area is 147 Å². The lowest BCUT2D eigenvalue weighted by atomic mass is 9.99. The molecule has 2 amide bonds. The molecule has 0 fully saturated rings. The minimum absolute atomic E-state index is 0.00505. The molecule has 25 heavy (non-hydrogen) atoms. The van der Waals surface area contributed by atoms with E-state index in [4.69, 9.17) is 13.9 Å². The van der Waals surface area contributed by atoms with Crippen molar-refractivity contribution in [3.05, 3.63) is 47.4 Å². The van der Waals surface area contributed by atoms with Crippen LogP contribution >= 0.6 is 0 Å². The van der Waals surface area contributed by atoms with Gasteiger partial charge in [0.2, 0.25) is 0 Å². The first-order valence-electron chi connectivity index (χ1n) is 8.42. The third kappa shape index (κ3) is 3.90. The van der Waals surface area contributed by atoms with E-state index in [1.165, 1.54) is 5.56 Å². The molecule has 3 rings (SSSR count). The summed E-state index contributed by atoms with van der Waals surface area (Å²) in [6, 6.07) is 7.68. The highest BCUT2D eigenvalue weighted by Gasteiger charge is 2.23. The van der Waals surface area contributed by atoms with Crippen LogP contribution in [0.1, 0.15) is 23.8 Å². The van der Waals surface area contributed by atoms with Crippen LogP contribution in [0, 0.1) is 0 Å². The summed E-state index contributed by atoms with van der Waals surface area (Å²) in [6.07, 6.45) is 3.12. The number of carbonyl (C=O) groups excluding carboxylic acids is 1. The molecule has 134 valence electrons. The summed E-state index contributed by atoms with van der Waals surface area (Å²) in [5.74, 6) is 2.29. The van der Waals surface area contributed by atoms with Crippen molar-refractivity contribution in [2.24, 2.45) is 0 Å². The second kappa shape index (κ2) is 7.51. The van der Waals surface area contributed by atoms with Crippen LogP contribution in [0.15, 0.2) is 34.9 Å². The van der Waals surface area contributed by atoms with E-state index in [9.17, 15) is 4.79 Å². The van der Waals surface area contributed by atoms with Crippen LogP contribution in [0.4, 0.5) is 4.79 Å². The molecule has 6 nitrogen and oxygen atoms in total. The fraction of sp³-hybridized carbons (Fsp3) is 0.421. The molecule has 2 aromatic rings. The molecule has 6 heteroatoms. The van der Waals surface area contributed by atoms with Crippen LogP contribution < -0.4 is 14.8 Å². The monoisotopic (exact) mass is 344 g/mol. The molecule has 1 aromatic carbocycles. The number of ether oxygens (including phenoxy) is 2. The van der Waals surface area contributed by atoms with Crippen LogP contribution in [0.2, 0.25) is 0 Å². The highest BCUT2D eigenvalue weighted by molar-refractivity contribution is 5.75. The van der Waals surface area contributed by atoms with Gasteiger partial charge in [0.25, 0.3) is 0 Å². The molecule has 1 aliphatic rings. The van der Waals surface area contributed by atoms with E-state index in [1.807, 2.05) is 36.1 Å². The van der Waals surface area contributed by atoms with E-state index in [1.54, 1.807) is 20.5 Å². The SMILES string of the molecule is COc1cc2c(cc1OC)CN(C(=O)N[C@@H](C)Cc1ccco1)CC2. The second-order valence-corrected chi connectivity index (χ2v) is 6.28. The van der Waals surface area contributed by atoms with Gasteiger partial charge in [0.15, 0.2) is 11.5 Å². The summed E-state index contributed by atoms with van der Waals surface area (Å²) in [5, 5.41) is 3.04. The third-order valence-corrected chi connectivity index (χ3v) is 4.46. The largest absolute Gasteiger partial charge is 0.493 e. The first kappa shape index (κ1) is 17.2. The van der Waals surface area contributed by atoms with E-state index in [-0.39, 0.29) is 12.1 Å². The fourth-order valence-corrected chi connectivity index (χ4v) is 3.14. The Morgan fingerprint density at radius 3 is 2.64 bits per heavy atom. The molecule has 0 unspecified atom stereocenters. The number of fused-ring (bicyclic) bond motifs is 1. The number of urea groups is 1. The van der Waals surface area contributed by atoms with E-state index in [0.29, 0.717) is 25.3 Å². The Bertz CT molecular complexity index is 727. The first-order valence-corrected chi connectivity index (χ1v) is 8.42. The van der Waals surface area contributed by atoms with Gasteiger partial charge in [-0.1, -0.05) is 0 Å². The van der Waals surface area contributed by atoms with Gasteiger partial charge >= 0.3 is 6.03 Å². The van der Waals surface area contributed by atoms with Crippen molar-refractivity contribution in [3.8, 4) is 11.5 Å². The molecule has 0 saturated carbocycles. The molecule has 1 N–H and O–H groups in total. The van der Waals surface area contributed by atoms with E-state index >= 15 is 0 Å². The number of rotatable bonds is 5. The van der Waals surface area contributed by atoms with Crippen LogP contribution in [0.25, 0.3) is 0 Å². The van der Waals surface area contributed by atoms with Gasteiger partial charge in [-0.15, -0.1) is 0 Å².